The first-order valence-corrected chi connectivity index (χ1v) is 7.49. The summed E-state index contributed by atoms with van der Waals surface area (Å²) in [5.74, 6) is 1.80. The molecule has 17 heavy (non-hydrogen) atoms. The predicted molar refractivity (Wildman–Crippen MR) is 75.3 cm³/mol. The molecule has 0 aromatic rings. The molecule has 1 unspecified atom stereocenters. The molecule has 3 nitrogen and oxygen atoms in total. The van der Waals surface area contributed by atoms with Gasteiger partial charge < -0.3 is 10.4 Å². The SMILES string of the molecule is CCCSCC(=O)NCC(C)(C)C(O)C(C)C. The summed E-state index contributed by atoms with van der Waals surface area (Å²) in [5, 5.41) is 12.9. The van der Waals surface area contributed by atoms with Gasteiger partial charge in [-0.05, 0) is 18.1 Å². The maximum atomic E-state index is 11.5. The molecular weight excluding hydrogens is 234 g/mol. The number of amides is 1. The molecule has 1 atom stereocenters. The number of aliphatic hydroxyl groups excluding tert-OH is 1. The number of thioether (sulfide) groups is 1. The summed E-state index contributed by atoms with van der Waals surface area (Å²) in [5.41, 5.74) is -0.279. The smallest absolute Gasteiger partial charge is 0.230 e. The van der Waals surface area contributed by atoms with Crippen molar-refractivity contribution in [1.29, 1.82) is 0 Å². The first-order chi connectivity index (χ1) is 7.81. The van der Waals surface area contributed by atoms with Gasteiger partial charge in [-0.15, -0.1) is 0 Å². The van der Waals surface area contributed by atoms with Crippen molar-refractivity contribution in [2.75, 3.05) is 18.1 Å². The fraction of sp³-hybridized carbons (Fsp3) is 0.923. The molecular formula is C13H27NO2S. The molecule has 2 N–H and O–H groups in total. The summed E-state index contributed by atoms with van der Waals surface area (Å²) in [7, 11) is 0. The van der Waals surface area contributed by atoms with E-state index >= 15 is 0 Å². The maximum absolute atomic E-state index is 11.5. The number of carbonyl (C=O) groups excluding carboxylic acids is 1. The minimum absolute atomic E-state index is 0.0625. The molecule has 0 aromatic carbocycles. The fourth-order valence-electron chi connectivity index (χ4n) is 1.69. The van der Waals surface area contributed by atoms with Gasteiger partial charge in [-0.1, -0.05) is 34.6 Å². The van der Waals surface area contributed by atoms with Gasteiger partial charge in [0, 0.05) is 12.0 Å². The number of aliphatic hydroxyl groups is 1. The van der Waals surface area contributed by atoms with Gasteiger partial charge in [0.15, 0.2) is 0 Å². The molecule has 4 heteroatoms. The molecule has 0 bridgehead atoms. The summed E-state index contributed by atoms with van der Waals surface area (Å²) in [4.78, 5) is 11.5. The van der Waals surface area contributed by atoms with Crippen molar-refractivity contribution in [3.8, 4) is 0 Å². The highest BCUT2D eigenvalue weighted by Gasteiger charge is 2.30. The Hall–Kier alpha value is -0.220. The molecule has 0 fully saturated rings. The lowest BCUT2D eigenvalue weighted by molar-refractivity contribution is -0.119. The van der Waals surface area contributed by atoms with Gasteiger partial charge in [0.25, 0.3) is 0 Å². The van der Waals surface area contributed by atoms with Crippen LogP contribution in [-0.4, -0.2) is 35.2 Å². The van der Waals surface area contributed by atoms with Crippen molar-refractivity contribution < 1.29 is 9.90 Å². The van der Waals surface area contributed by atoms with Gasteiger partial charge in [0.2, 0.25) is 5.91 Å². The van der Waals surface area contributed by atoms with Crippen molar-refractivity contribution in [2.45, 2.75) is 47.1 Å². The van der Waals surface area contributed by atoms with Crippen LogP contribution in [0.3, 0.4) is 0 Å². The van der Waals surface area contributed by atoms with Crippen molar-refractivity contribution in [1.82, 2.24) is 5.32 Å². The Bertz CT molecular complexity index is 229. The zero-order valence-corrected chi connectivity index (χ0v) is 12.6. The van der Waals surface area contributed by atoms with Crippen molar-refractivity contribution >= 4 is 17.7 Å². The van der Waals surface area contributed by atoms with Crippen LogP contribution in [0.1, 0.15) is 41.0 Å². The molecule has 0 rings (SSSR count). The summed E-state index contributed by atoms with van der Waals surface area (Å²) >= 11 is 1.65. The molecule has 1 amide bonds. The van der Waals surface area contributed by atoms with Crippen LogP contribution in [0.2, 0.25) is 0 Å². The molecule has 0 saturated heterocycles. The third-order valence-electron chi connectivity index (χ3n) is 2.75. The second kappa shape index (κ2) is 7.98. The Morgan fingerprint density at radius 3 is 2.47 bits per heavy atom. The minimum atomic E-state index is -0.397. The van der Waals surface area contributed by atoms with E-state index in [0.717, 1.165) is 12.2 Å². The highest BCUT2D eigenvalue weighted by molar-refractivity contribution is 7.99. The second-order valence-electron chi connectivity index (χ2n) is 5.51. The standard InChI is InChI=1S/C13H27NO2S/c1-6-7-17-8-11(15)14-9-13(4,5)12(16)10(2)3/h10,12,16H,6-9H2,1-5H3,(H,14,15). The van der Waals surface area contributed by atoms with Crippen LogP contribution in [0.25, 0.3) is 0 Å². The van der Waals surface area contributed by atoms with Gasteiger partial charge in [0.05, 0.1) is 11.9 Å². The lowest BCUT2D eigenvalue weighted by atomic mass is 9.81. The Labute approximate surface area is 110 Å². The highest BCUT2D eigenvalue weighted by atomic mass is 32.2. The monoisotopic (exact) mass is 261 g/mol. The number of nitrogens with one attached hydrogen (secondary N) is 1. The first kappa shape index (κ1) is 16.8. The maximum Gasteiger partial charge on any atom is 0.230 e. The van der Waals surface area contributed by atoms with Crippen LogP contribution >= 0.6 is 11.8 Å². The van der Waals surface area contributed by atoms with E-state index in [1.54, 1.807) is 11.8 Å². The van der Waals surface area contributed by atoms with Crippen LogP contribution in [-0.2, 0) is 4.79 Å². The van der Waals surface area contributed by atoms with Crippen molar-refractivity contribution in [3.63, 3.8) is 0 Å². The summed E-state index contributed by atoms with van der Waals surface area (Å²) in [6.45, 7) is 10.6. The minimum Gasteiger partial charge on any atom is -0.392 e. The predicted octanol–water partition coefficient (Wildman–Crippen LogP) is 2.29. The van der Waals surface area contributed by atoms with Gasteiger partial charge in [-0.3, -0.25) is 4.79 Å². The lowest BCUT2D eigenvalue weighted by Gasteiger charge is -2.33. The molecule has 0 saturated carbocycles. The zero-order valence-electron chi connectivity index (χ0n) is 11.7. The quantitative estimate of drug-likeness (QED) is 0.659. The molecule has 0 radical (unpaired) electrons. The summed E-state index contributed by atoms with van der Waals surface area (Å²) in [6.07, 6.45) is 0.696. The van der Waals surface area contributed by atoms with Crippen LogP contribution in [0.5, 0.6) is 0 Å². The molecule has 0 aromatic heterocycles. The number of rotatable bonds is 8. The van der Waals surface area contributed by atoms with E-state index in [-0.39, 0.29) is 17.2 Å². The normalized spacial score (nSPS) is 13.8. The van der Waals surface area contributed by atoms with E-state index in [4.69, 9.17) is 0 Å². The van der Waals surface area contributed by atoms with E-state index in [9.17, 15) is 9.90 Å². The van der Waals surface area contributed by atoms with Crippen LogP contribution in [0.4, 0.5) is 0 Å². The summed E-state index contributed by atoms with van der Waals surface area (Å²) in [6, 6.07) is 0. The largest absolute Gasteiger partial charge is 0.392 e. The summed E-state index contributed by atoms with van der Waals surface area (Å²) < 4.78 is 0. The van der Waals surface area contributed by atoms with Crippen molar-refractivity contribution in [3.05, 3.63) is 0 Å². The molecule has 0 aliphatic heterocycles. The molecule has 0 spiro atoms. The van der Waals surface area contributed by atoms with Crippen molar-refractivity contribution in [2.24, 2.45) is 11.3 Å². The Morgan fingerprint density at radius 2 is 2.00 bits per heavy atom. The third kappa shape index (κ3) is 6.94. The van der Waals surface area contributed by atoms with Crippen LogP contribution < -0.4 is 5.32 Å². The molecule has 0 heterocycles. The topological polar surface area (TPSA) is 49.3 Å². The van der Waals surface area contributed by atoms with Gasteiger partial charge >= 0.3 is 0 Å². The average Bonchev–Trinajstić information content (AvgIpc) is 2.25. The van der Waals surface area contributed by atoms with Gasteiger partial charge in [0.1, 0.15) is 0 Å². The lowest BCUT2D eigenvalue weighted by Crippen LogP contribution is -2.44. The number of hydrogen-bond donors (Lipinski definition) is 2. The van der Waals surface area contributed by atoms with Gasteiger partial charge in [-0.2, -0.15) is 11.8 Å². The average molecular weight is 261 g/mol. The van der Waals surface area contributed by atoms with Gasteiger partial charge in [-0.25, -0.2) is 0 Å². The Balaban J connectivity index is 3.96. The molecule has 0 aliphatic rings. The van der Waals surface area contributed by atoms with Crippen LogP contribution in [0.15, 0.2) is 0 Å². The fourth-order valence-corrected chi connectivity index (χ4v) is 2.41. The number of carbonyl (C=O) groups is 1. The zero-order chi connectivity index (χ0) is 13.5. The molecule has 0 aliphatic carbocycles. The van der Waals surface area contributed by atoms with E-state index in [0.29, 0.717) is 12.3 Å². The van der Waals surface area contributed by atoms with E-state index < -0.39 is 6.10 Å². The third-order valence-corrected chi connectivity index (χ3v) is 3.92. The van der Waals surface area contributed by atoms with E-state index in [1.807, 2.05) is 27.7 Å². The molecule has 102 valence electrons. The van der Waals surface area contributed by atoms with Crippen LogP contribution in [0, 0.1) is 11.3 Å². The Kier molecular flexibility index (Phi) is 7.88. The Morgan fingerprint density at radius 1 is 1.41 bits per heavy atom. The second-order valence-corrected chi connectivity index (χ2v) is 6.61. The van der Waals surface area contributed by atoms with E-state index in [2.05, 4.69) is 12.2 Å². The number of hydrogen-bond acceptors (Lipinski definition) is 3. The highest BCUT2D eigenvalue weighted by Crippen LogP contribution is 2.25. The first-order valence-electron chi connectivity index (χ1n) is 6.33. The van der Waals surface area contributed by atoms with E-state index in [1.165, 1.54) is 0 Å².